The second-order valence-corrected chi connectivity index (χ2v) is 6.39. The van der Waals surface area contributed by atoms with Crippen molar-refractivity contribution >= 4 is 33.8 Å². The van der Waals surface area contributed by atoms with Crippen LogP contribution in [-0.4, -0.2) is 25.0 Å². The molecule has 102 valence electrons. The lowest BCUT2D eigenvalue weighted by Gasteiger charge is -2.04. The average Bonchev–Trinajstić information content (AvgIpc) is 2.73. The predicted molar refractivity (Wildman–Crippen MR) is 84.0 cm³/mol. The molecule has 2 aromatic heterocycles. The van der Waals surface area contributed by atoms with E-state index in [1.54, 1.807) is 11.8 Å². The maximum atomic E-state index is 4.68. The first kappa shape index (κ1) is 13.1. The Balaban J connectivity index is 2.29. The third-order valence-corrected chi connectivity index (χ3v) is 3.86. The first-order chi connectivity index (χ1) is 9.70. The molecule has 0 atom stereocenters. The van der Waals surface area contributed by atoms with E-state index in [1.807, 2.05) is 18.2 Å². The van der Waals surface area contributed by atoms with E-state index >= 15 is 0 Å². The first-order valence-corrected chi connectivity index (χ1v) is 7.48. The highest BCUT2D eigenvalue weighted by Crippen LogP contribution is 2.27. The summed E-state index contributed by atoms with van der Waals surface area (Å²) >= 11 is 1.63. The van der Waals surface area contributed by atoms with Crippen LogP contribution < -0.4 is 0 Å². The van der Waals surface area contributed by atoms with Gasteiger partial charge in [0.05, 0.1) is 5.52 Å². The molecular weight excluding hydrogens is 268 g/mol. The zero-order chi connectivity index (χ0) is 14.1. The monoisotopic (exact) mass is 284 g/mol. The molecule has 0 aliphatic heterocycles. The average molecular weight is 284 g/mol. The van der Waals surface area contributed by atoms with Crippen molar-refractivity contribution in [3.63, 3.8) is 0 Å². The van der Waals surface area contributed by atoms with Crippen LogP contribution in [0, 0.1) is 0 Å². The Morgan fingerprint density at radius 1 is 1.30 bits per heavy atom. The summed E-state index contributed by atoms with van der Waals surface area (Å²) in [5.74, 6) is 0. The van der Waals surface area contributed by atoms with Crippen molar-refractivity contribution in [2.45, 2.75) is 30.8 Å². The van der Waals surface area contributed by atoms with Gasteiger partial charge in [-0.15, -0.1) is 16.8 Å². The normalized spacial score (nSPS) is 11.6. The van der Waals surface area contributed by atoms with Crippen LogP contribution in [0.3, 0.4) is 0 Å². The number of thioether (sulfide) groups is 1. The Kier molecular flexibility index (Phi) is 3.44. The number of hydrogen-bond donors (Lipinski definition) is 0. The third kappa shape index (κ3) is 2.18. The molecule has 0 radical (unpaired) electrons. The minimum absolute atomic E-state index is 0.437. The lowest BCUT2D eigenvalue weighted by molar-refractivity contribution is 0.825. The van der Waals surface area contributed by atoms with Crippen molar-refractivity contribution in [1.82, 2.24) is 19.7 Å². The van der Waals surface area contributed by atoms with Gasteiger partial charge in [-0.2, -0.15) is 0 Å². The lowest BCUT2D eigenvalue weighted by Crippen LogP contribution is -2.00. The van der Waals surface area contributed by atoms with E-state index < -0.39 is 0 Å². The van der Waals surface area contributed by atoms with E-state index in [1.165, 1.54) is 0 Å². The number of aromatic nitrogens is 4. The van der Waals surface area contributed by atoms with E-state index in [2.05, 4.69) is 52.3 Å². The second-order valence-electron chi connectivity index (χ2n) is 4.85. The molecule has 0 spiro atoms. The van der Waals surface area contributed by atoms with E-state index in [0.717, 1.165) is 27.2 Å². The molecule has 0 amide bonds. The number of fused-ring (bicyclic) bond motifs is 3. The quantitative estimate of drug-likeness (QED) is 0.541. The van der Waals surface area contributed by atoms with Crippen LogP contribution >= 0.6 is 11.8 Å². The van der Waals surface area contributed by atoms with Crippen LogP contribution in [0.15, 0.2) is 42.1 Å². The Hall–Kier alpha value is -1.88. The van der Waals surface area contributed by atoms with Crippen molar-refractivity contribution in [2.75, 3.05) is 0 Å². The van der Waals surface area contributed by atoms with Crippen LogP contribution in [-0.2, 0) is 6.54 Å². The molecule has 4 nitrogen and oxygen atoms in total. The SMILES string of the molecule is C=CCn1c2ccccc2c2nnc(SC(C)C)nc21. The lowest BCUT2D eigenvalue weighted by atomic mass is 10.2. The molecule has 0 fully saturated rings. The van der Waals surface area contributed by atoms with Gasteiger partial charge in [0.25, 0.3) is 0 Å². The van der Waals surface area contributed by atoms with Gasteiger partial charge in [-0.3, -0.25) is 0 Å². The molecule has 0 bridgehead atoms. The molecule has 0 unspecified atom stereocenters. The summed E-state index contributed by atoms with van der Waals surface area (Å²) in [6.45, 7) is 8.79. The van der Waals surface area contributed by atoms with Crippen molar-refractivity contribution in [1.29, 1.82) is 0 Å². The Bertz CT molecular complexity index is 776. The van der Waals surface area contributed by atoms with Crippen LogP contribution in [0.25, 0.3) is 22.1 Å². The van der Waals surface area contributed by atoms with Gasteiger partial charge in [-0.05, 0) is 6.07 Å². The van der Waals surface area contributed by atoms with Crippen molar-refractivity contribution < 1.29 is 0 Å². The van der Waals surface area contributed by atoms with Gasteiger partial charge in [0.15, 0.2) is 5.65 Å². The third-order valence-electron chi connectivity index (χ3n) is 3.01. The van der Waals surface area contributed by atoms with Gasteiger partial charge >= 0.3 is 0 Å². The van der Waals surface area contributed by atoms with Crippen LogP contribution in [0.1, 0.15) is 13.8 Å². The summed E-state index contributed by atoms with van der Waals surface area (Å²) < 4.78 is 2.14. The number of benzene rings is 1. The number of allylic oxidation sites excluding steroid dienone is 1. The zero-order valence-electron chi connectivity index (χ0n) is 11.6. The maximum absolute atomic E-state index is 4.68. The van der Waals surface area contributed by atoms with Gasteiger partial charge in [0.2, 0.25) is 5.16 Å². The van der Waals surface area contributed by atoms with Crippen LogP contribution in [0.5, 0.6) is 0 Å². The van der Waals surface area contributed by atoms with Gasteiger partial charge < -0.3 is 4.57 Å². The Morgan fingerprint density at radius 2 is 2.10 bits per heavy atom. The molecule has 1 aromatic carbocycles. The molecule has 0 N–H and O–H groups in total. The largest absolute Gasteiger partial charge is 0.320 e. The van der Waals surface area contributed by atoms with Crippen molar-refractivity contribution in [3.8, 4) is 0 Å². The molecule has 0 saturated heterocycles. The van der Waals surface area contributed by atoms with Gasteiger partial charge in [-0.25, -0.2) is 4.98 Å². The van der Waals surface area contributed by atoms with E-state index in [9.17, 15) is 0 Å². The van der Waals surface area contributed by atoms with Crippen molar-refractivity contribution in [3.05, 3.63) is 36.9 Å². The predicted octanol–water partition coefficient (Wildman–Crippen LogP) is 3.67. The topological polar surface area (TPSA) is 43.6 Å². The highest BCUT2D eigenvalue weighted by atomic mass is 32.2. The first-order valence-electron chi connectivity index (χ1n) is 6.60. The molecule has 3 rings (SSSR count). The summed E-state index contributed by atoms with van der Waals surface area (Å²) in [7, 11) is 0. The molecule has 2 heterocycles. The summed E-state index contributed by atoms with van der Waals surface area (Å²) in [4.78, 5) is 4.68. The van der Waals surface area contributed by atoms with Crippen molar-refractivity contribution in [2.24, 2.45) is 0 Å². The summed E-state index contributed by atoms with van der Waals surface area (Å²) in [5.41, 5.74) is 2.86. The zero-order valence-corrected chi connectivity index (χ0v) is 12.4. The standard InChI is InChI=1S/C15H16N4S/c1-4-9-19-12-8-6-5-7-11(12)13-14(19)16-15(18-17-13)20-10(2)3/h4-8,10H,1,9H2,2-3H3. The van der Waals surface area contributed by atoms with E-state index in [4.69, 9.17) is 0 Å². The number of rotatable bonds is 4. The molecule has 3 aromatic rings. The fourth-order valence-electron chi connectivity index (χ4n) is 2.26. The maximum Gasteiger partial charge on any atom is 0.211 e. The smallest absolute Gasteiger partial charge is 0.211 e. The number of nitrogens with zero attached hydrogens (tertiary/aromatic N) is 4. The van der Waals surface area contributed by atoms with E-state index in [-0.39, 0.29) is 0 Å². The molecule has 0 aliphatic rings. The number of hydrogen-bond acceptors (Lipinski definition) is 4. The second kappa shape index (κ2) is 5.25. The highest BCUT2D eigenvalue weighted by molar-refractivity contribution is 7.99. The molecule has 5 heteroatoms. The Morgan fingerprint density at radius 3 is 2.85 bits per heavy atom. The van der Waals surface area contributed by atoms with Crippen LogP contribution in [0.4, 0.5) is 0 Å². The Labute approximate surface area is 121 Å². The molecule has 20 heavy (non-hydrogen) atoms. The fraction of sp³-hybridized carbons (Fsp3) is 0.267. The van der Waals surface area contributed by atoms with Gasteiger partial charge in [-0.1, -0.05) is 49.9 Å². The van der Waals surface area contributed by atoms with Crippen LogP contribution in [0.2, 0.25) is 0 Å². The summed E-state index contributed by atoms with van der Waals surface area (Å²) in [6.07, 6.45) is 1.88. The van der Waals surface area contributed by atoms with Gasteiger partial charge in [0, 0.05) is 17.2 Å². The molecule has 0 saturated carbocycles. The van der Waals surface area contributed by atoms with Gasteiger partial charge in [0.1, 0.15) is 5.52 Å². The highest BCUT2D eigenvalue weighted by Gasteiger charge is 2.14. The summed E-state index contributed by atoms with van der Waals surface area (Å²) in [6, 6.07) is 8.18. The fourth-order valence-corrected chi connectivity index (χ4v) is 2.91. The summed E-state index contributed by atoms with van der Waals surface area (Å²) in [5, 5.41) is 10.9. The number of para-hydroxylation sites is 1. The molecule has 0 aliphatic carbocycles. The minimum Gasteiger partial charge on any atom is -0.320 e. The minimum atomic E-state index is 0.437. The molecular formula is C15H16N4S. The van der Waals surface area contributed by atoms with E-state index in [0.29, 0.717) is 11.8 Å².